The van der Waals surface area contributed by atoms with Gasteiger partial charge in [-0.2, -0.15) is 8.78 Å². The third-order valence-corrected chi connectivity index (χ3v) is 4.48. The zero-order valence-electron chi connectivity index (χ0n) is 12.8. The Hall–Kier alpha value is -2.15. The van der Waals surface area contributed by atoms with E-state index in [4.69, 9.17) is 4.74 Å². The van der Waals surface area contributed by atoms with Gasteiger partial charge in [-0.1, -0.05) is 30.0 Å². The van der Waals surface area contributed by atoms with Crippen molar-refractivity contribution in [2.45, 2.75) is 23.2 Å². The lowest BCUT2D eigenvalue weighted by Crippen LogP contribution is -2.31. The molecule has 126 valence electrons. The van der Waals surface area contributed by atoms with Crippen molar-refractivity contribution in [3.05, 3.63) is 54.2 Å². The summed E-state index contributed by atoms with van der Waals surface area (Å²) in [5.74, 6) is -2.28. The maximum absolute atomic E-state index is 12.7. The van der Waals surface area contributed by atoms with Crippen LogP contribution in [0.25, 0.3) is 0 Å². The first-order chi connectivity index (χ1) is 11.6. The van der Waals surface area contributed by atoms with Crippen LogP contribution in [0, 0.1) is 0 Å². The number of ether oxygens (including phenoxy) is 1. The van der Waals surface area contributed by atoms with Gasteiger partial charge in [-0.05, 0) is 18.2 Å². The molecule has 1 amide bonds. The van der Waals surface area contributed by atoms with E-state index in [0.717, 1.165) is 0 Å². The number of thioether (sulfide) groups is 1. The van der Waals surface area contributed by atoms with Crippen molar-refractivity contribution in [1.29, 1.82) is 0 Å². The highest BCUT2D eigenvalue weighted by Gasteiger charge is 2.29. The second-order valence-corrected chi connectivity index (χ2v) is 6.35. The Kier molecular flexibility index (Phi) is 5.30. The van der Waals surface area contributed by atoms with Crippen LogP contribution in [0.15, 0.2) is 53.6 Å². The number of carbonyl (C=O) groups is 1. The number of halogens is 2. The summed E-state index contributed by atoms with van der Waals surface area (Å²) in [6.45, 7) is 0.951. The van der Waals surface area contributed by atoms with Crippen LogP contribution in [0.5, 0.6) is 5.88 Å². The second kappa shape index (κ2) is 7.61. The van der Waals surface area contributed by atoms with E-state index in [1.165, 1.54) is 0 Å². The molecule has 1 fully saturated rings. The van der Waals surface area contributed by atoms with Gasteiger partial charge in [0.15, 0.2) is 0 Å². The molecule has 2 heterocycles. The minimum absolute atomic E-state index is 0.140. The van der Waals surface area contributed by atoms with Crippen molar-refractivity contribution in [1.82, 2.24) is 9.88 Å². The van der Waals surface area contributed by atoms with E-state index >= 15 is 0 Å². The summed E-state index contributed by atoms with van der Waals surface area (Å²) in [4.78, 5) is 18.7. The average Bonchev–Trinajstić information content (AvgIpc) is 3.03. The molecule has 0 N–H and O–H groups in total. The Morgan fingerprint density at radius 3 is 2.79 bits per heavy atom. The molecule has 1 aliphatic rings. The number of hydrogen-bond donors (Lipinski definition) is 0. The largest absolute Gasteiger partial charge is 0.472 e. The predicted octanol–water partition coefficient (Wildman–Crippen LogP) is 3.69. The van der Waals surface area contributed by atoms with E-state index in [1.807, 2.05) is 6.07 Å². The summed E-state index contributed by atoms with van der Waals surface area (Å²) in [5.41, 5.74) is 0.307. The minimum Gasteiger partial charge on any atom is -0.472 e. The SMILES string of the molecule is O=C(c1ccccc1SC(F)F)N1CCC(Oc2ccccn2)C1. The van der Waals surface area contributed by atoms with Crippen LogP contribution in [-0.2, 0) is 0 Å². The van der Waals surface area contributed by atoms with E-state index in [-0.39, 0.29) is 12.0 Å². The molecule has 7 heteroatoms. The van der Waals surface area contributed by atoms with Crippen LogP contribution in [-0.4, -0.2) is 40.7 Å². The Morgan fingerprint density at radius 2 is 2.04 bits per heavy atom. The van der Waals surface area contributed by atoms with Crippen molar-refractivity contribution >= 4 is 17.7 Å². The normalized spacial score (nSPS) is 17.3. The van der Waals surface area contributed by atoms with Gasteiger partial charge < -0.3 is 9.64 Å². The molecule has 0 bridgehead atoms. The van der Waals surface area contributed by atoms with Crippen molar-refractivity contribution in [3.63, 3.8) is 0 Å². The van der Waals surface area contributed by atoms with Gasteiger partial charge in [0.2, 0.25) is 5.88 Å². The van der Waals surface area contributed by atoms with Gasteiger partial charge in [0.25, 0.3) is 11.7 Å². The Labute approximate surface area is 142 Å². The number of aromatic nitrogens is 1. The quantitative estimate of drug-likeness (QED) is 0.772. The highest BCUT2D eigenvalue weighted by Crippen LogP contribution is 2.30. The highest BCUT2D eigenvalue weighted by molar-refractivity contribution is 7.99. The molecular formula is C17H16F2N2O2S. The van der Waals surface area contributed by atoms with E-state index in [2.05, 4.69) is 4.98 Å². The lowest BCUT2D eigenvalue weighted by atomic mass is 10.2. The van der Waals surface area contributed by atoms with Gasteiger partial charge >= 0.3 is 0 Å². The van der Waals surface area contributed by atoms with Gasteiger partial charge in [-0.3, -0.25) is 4.79 Å². The summed E-state index contributed by atoms with van der Waals surface area (Å²) in [6.07, 6.45) is 2.19. The zero-order valence-corrected chi connectivity index (χ0v) is 13.6. The van der Waals surface area contributed by atoms with Crippen LogP contribution < -0.4 is 4.74 Å². The number of hydrogen-bond acceptors (Lipinski definition) is 4. The summed E-state index contributed by atoms with van der Waals surface area (Å²) < 4.78 is 31.1. The van der Waals surface area contributed by atoms with Gasteiger partial charge in [-0.15, -0.1) is 0 Å². The molecule has 1 atom stereocenters. The molecule has 0 radical (unpaired) electrons. The smallest absolute Gasteiger partial charge is 0.288 e. The third-order valence-electron chi connectivity index (χ3n) is 3.69. The lowest BCUT2D eigenvalue weighted by molar-refractivity contribution is 0.0768. The van der Waals surface area contributed by atoms with E-state index in [1.54, 1.807) is 47.5 Å². The minimum atomic E-state index is -2.56. The molecule has 1 aliphatic heterocycles. The molecule has 24 heavy (non-hydrogen) atoms. The first-order valence-electron chi connectivity index (χ1n) is 7.54. The molecule has 0 saturated carbocycles. The fraction of sp³-hybridized carbons (Fsp3) is 0.294. The predicted molar refractivity (Wildman–Crippen MR) is 87.5 cm³/mol. The van der Waals surface area contributed by atoms with Crippen molar-refractivity contribution in [3.8, 4) is 5.88 Å². The third kappa shape index (κ3) is 4.03. The molecule has 1 saturated heterocycles. The topological polar surface area (TPSA) is 42.4 Å². The molecule has 0 spiro atoms. The highest BCUT2D eigenvalue weighted by atomic mass is 32.2. The molecule has 3 rings (SSSR count). The number of likely N-dealkylation sites (tertiary alicyclic amines) is 1. The number of carbonyl (C=O) groups excluding carboxylic acids is 1. The van der Waals surface area contributed by atoms with Crippen molar-refractivity contribution in [2.75, 3.05) is 13.1 Å². The first-order valence-corrected chi connectivity index (χ1v) is 8.42. The molecule has 0 aliphatic carbocycles. The zero-order chi connectivity index (χ0) is 16.9. The maximum Gasteiger partial charge on any atom is 0.288 e. The van der Waals surface area contributed by atoms with Crippen LogP contribution in [0.1, 0.15) is 16.8 Å². The van der Waals surface area contributed by atoms with Gasteiger partial charge in [0.1, 0.15) is 6.10 Å². The van der Waals surface area contributed by atoms with Gasteiger partial charge in [-0.25, -0.2) is 4.98 Å². The van der Waals surface area contributed by atoms with E-state index in [9.17, 15) is 13.6 Å². The monoisotopic (exact) mass is 350 g/mol. The second-order valence-electron chi connectivity index (χ2n) is 5.32. The van der Waals surface area contributed by atoms with Crippen LogP contribution in [0.3, 0.4) is 0 Å². The summed E-state index contributed by atoms with van der Waals surface area (Å²) >= 11 is 0.394. The van der Waals surface area contributed by atoms with Crippen LogP contribution in [0.2, 0.25) is 0 Å². The number of benzene rings is 1. The molecule has 4 nitrogen and oxygen atoms in total. The molecular weight excluding hydrogens is 334 g/mol. The lowest BCUT2D eigenvalue weighted by Gasteiger charge is -2.18. The fourth-order valence-corrected chi connectivity index (χ4v) is 3.24. The van der Waals surface area contributed by atoms with E-state index < -0.39 is 5.76 Å². The first kappa shape index (κ1) is 16.7. The average molecular weight is 350 g/mol. The van der Waals surface area contributed by atoms with Gasteiger partial charge in [0.05, 0.1) is 12.1 Å². The van der Waals surface area contributed by atoms with Crippen molar-refractivity contribution < 1.29 is 18.3 Å². The fourth-order valence-electron chi connectivity index (χ4n) is 2.61. The number of nitrogens with zero attached hydrogens (tertiary/aromatic N) is 2. The number of alkyl halides is 2. The summed E-state index contributed by atoms with van der Waals surface area (Å²) in [6, 6.07) is 11.9. The molecule has 1 unspecified atom stereocenters. The van der Waals surface area contributed by atoms with Crippen LogP contribution in [0.4, 0.5) is 8.78 Å². The Bertz CT molecular complexity index is 700. The van der Waals surface area contributed by atoms with Crippen molar-refractivity contribution in [2.24, 2.45) is 0 Å². The maximum atomic E-state index is 12.7. The van der Waals surface area contributed by atoms with Crippen LogP contribution >= 0.6 is 11.8 Å². The Balaban J connectivity index is 1.66. The molecule has 2 aromatic rings. The summed E-state index contributed by atoms with van der Waals surface area (Å²) in [5, 5.41) is 0. The summed E-state index contributed by atoms with van der Waals surface area (Å²) in [7, 11) is 0. The van der Waals surface area contributed by atoms with E-state index in [0.29, 0.717) is 47.6 Å². The number of rotatable bonds is 5. The standard InChI is InChI=1S/C17H16F2N2O2S/c18-17(19)24-14-6-2-1-5-13(14)16(22)21-10-8-12(11-21)23-15-7-3-4-9-20-15/h1-7,9,12,17H,8,10-11H2. The Morgan fingerprint density at radius 1 is 1.25 bits per heavy atom. The number of amides is 1. The number of pyridine rings is 1. The van der Waals surface area contributed by atoms with Gasteiger partial charge in [0, 0.05) is 30.1 Å². The molecule has 1 aromatic carbocycles. The molecule has 1 aromatic heterocycles.